The van der Waals surface area contributed by atoms with Crippen LogP contribution in [0.1, 0.15) is 37.4 Å². The average Bonchev–Trinajstić information content (AvgIpc) is 3.50. The number of hydrogen-bond acceptors (Lipinski definition) is 6. The van der Waals surface area contributed by atoms with E-state index in [4.69, 9.17) is 4.74 Å². The minimum Gasteiger partial charge on any atom is -0.468 e. The minimum absolute atomic E-state index is 0.0101. The Morgan fingerprint density at radius 1 is 1.19 bits per heavy atom. The number of pyridine rings is 2. The molecule has 3 aliphatic rings. The number of methoxy groups -OCH3 is 1. The molecule has 1 saturated heterocycles. The zero-order valence-electron chi connectivity index (χ0n) is 17.8. The fourth-order valence-corrected chi connectivity index (χ4v) is 6.14. The van der Waals surface area contributed by atoms with Gasteiger partial charge in [-0.15, -0.1) is 0 Å². The molecular formula is C24H29N3O4. The second-order valence-corrected chi connectivity index (χ2v) is 9.09. The van der Waals surface area contributed by atoms with Crippen molar-refractivity contribution in [3.63, 3.8) is 0 Å². The van der Waals surface area contributed by atoms with E-state index in [1.165, 1.54) is 32.8 Å². The summed E-state index contributed by atoms with van der Waals surface area (Å²) in [5.74, 6) is 0.0225. The molecule has 2 aromatic heterocycles. The summed E-state index contributed by atoms with van der Waals surface area (Å²) in [4.78, 5) is 32.4. The molecule has 0 bridgehead atoms. The maximum Gasteiger partial charge on any atom is 0.323 e. The van der Waals surface area contributed by atoms with Crippen molar-refractivity contribution in [2.75, 3.05) is 20.3 Å². The van der Waals surface area contributed by atoms with Crippen LogP contribution in [-0.2, 0) is 16.1 Å². The van der Waals surface area contributed by atoms with Crippen LogP contribution in [-0.4, -0.2) is 51.8 Å². The number of esters is 1. The molecule has 2 fully saturated rings. The quantitative estimate of drug-likeness (QED) is 0.743. The number of fused-ring (bicyclic) bond motifs is 3. The summed E-state index contributed by atoms with van der Waals surface area (Å²) in [7, 11) is 1.41. The van der Waals surface area contributed by atoms with E-state index in [1.54, 1.807) is 12.4 Å². The van der Waals surface area contributed by atoms with Crippen molar-refractivity contribution in [3.8, 4) is 11.1 Å². The first-order valence-electron chi connectivity index (χ1n) is 11.2. The van der Waals surface area contributed by atoms with Gasteiger partial charge in [0.15, 0.2) is 0 Å². The van der Waals surface area contributed by atoms with Crippen molar-refractivity contribution in [3.05, 3.63) is 52.7 Å². The van der Waals surface area contributed by atoms with Crippen molar-refractivity contribution in [2.45, 2.75) is 44.3 Å². The zero-order chi connectivity index (χ0) is 21.5. The van der Waals surface area contributed by atoms with Gasteiger partial charge in [-0.05, 0) is 48.6 Å². The Kier molecular flexibility index (Phi) is 5.40. The van der Waals surface area contributed by atoms with Crippen molar-refractivity contribution >= 4 is 5.97 Å². The van der Waals surface area contributed by atoms with Gasteiger partial charge in [0.25, 0.3) is 5.56 Å². The highest BCUT2D eigenvalue weighted by molar-refractivity contribution is 5.77. The summed E-state index contributed by atoms with van der Waals surface area (Å²) in [5.41, 5.74) is 2.42. The highest BCUT2D eigenvalue weighted by Gasteiger charge is 2.56. The second-order valence-electron chi connectivity index (χ2n) is 9.09. The van der Waals surface area contributed by atoms with Gasteiger partial charge < -0.3 is 14.4 Å². The third kappa shape index (κ3) is 3.31. The van der Waals surface area contributed by atoms with Crippen LogP contribution in [0.3, 0.4) is 0 Å². The molecule has 0 radical (unpaired) electrons. The number of hydrogen-bond donors (Lipinski definition) is 1. The van der Waals surface area contributed by atoms with Gasteiger partial charge in [-0.3, -0.25) is 19.5 Å². The summed E-state index contributed by atoms with van der Waals surface area (Å²) in [6.07, 6.45) is 8.16. The molecule has 1 aliphatic carbocycles. The number of rotatable bonds is 5. The molecule has 0 aromatic carbocycles. The Bertz CT molecular complexity index is 1020. The summed E-state index contributed by atoms with van der Waals surface area (Å²) in [6.45, 7) is 1.22. The minimum atomic E-state index is -0.464. The molecule has 7 nitrogen and oxygen atoms in total. The summed E-state index contributed by atoms with van der Waals surface area (Å²) >= 11 is 0. The molecule has 0 spiro atoms. The number of ether oxygens (including phenoxy) is 1. The molecule has 0 unspecified atom stereocenters. The molecule has 5 rings (SSSR count). The van der Waals surface area contributed by atoms with Crippen LogP contribution in [0.2, 0.25) is 0 Å². The summed E-state index contributed by atoms with van der Waals surface area (Å²) < 4.78 is 7.00. The van der Waals surface area contributed by atoms with Crippen LogP contribution in [0.5, 0.6) is 0 Å². The van der Waals surface area contributed by atoms with Gasteiger partial charge >= 0.3 is 5.97 Å². The number of carbonyl (C=O) groups is 1. The summed E-state index contributed by atoms with van der Waals surface area (Å²) in [5, 5.41) is 10.3. The Morgan fingerprint density at radius 3 is 2.61 bits per heavy atom. The van der Waals surface area contributed by atoms with E-state index in [-0.39, 0.29) is 36.0 Å². The molecule has 4 heterocycles. The van der Waals surface area contributed by atoms with Crippen molar-refractivity contribution in [1.29, 1.82) is 0 Å². The lowest BCUT2D eigenvalue weighted by atomic mass is 9.88. The fraction of sp³-hybridized carbons (Fsp3) is 0.542. The smallest absolute Gasteiger partial charge is 0.323 e. The van der Waals surface area contributed by atoms with Gasteiger partial charge in [0.05, 0.1) is 13.2 Å². The molecule has 1 saturated carbocycles. The number of aliphatic hydroxyl groups is 1. The van der Waals surface area contributed by atoms with Gasteiger partial charge in [0, 0.05) is 55.2 Å². The highest BCUT2D eigenvalue weighted by atomic mass is 16.5. The van der Waals surface area contributed by atoms with E-state index < -0.39 is 6.04 Å². The molecule has 0 amide bonds. The number of carbonyl (C=O) groups excluding carboxylic acids is 1. The lowest BCUT2D eigenvalue weighted by Gasteiger charge is -2.32. The Labute approximate surface area is 181 Å². The van der Waals surface area contributed by atoms with Crippen LogP contribution in [0.15, 0.2) is 41.5 Å². The topological polar surface area (TPSA) is 84.7 Å². The van der Waals surface area contributed by atoms with Crippen LogP contribution < -0.4 is 5.56 Å². The number of nitrogens with zero attached hydrogens (tertiary/aromatic N) is 3. The van der Waals surface area contributed by atoms with Crippen molar-refractivity contribution in [2.24, 2.45) is 17.8 Å². The van der Waals surface area contributed by atoms with E-state index in [9.17, 15) is 14.7 Å². The van der Waals surface area contributed by atoms with Gasteiger partial charge in [0.1, 0.15) is 6.04 Å². The van der Waals surface area contributed by atoms with E-state index in [0.29, 0.717) is 18.0 Å². The summed E-state index contributed by atoms with van der Waals surface area (Å²) in [6, 6.07) is 7.08. The SMILES string of the molecule is COC(=O)[C@@H]1[C@@H](CO)[C@@H]2Cn3c(ccc(-c4ccncc4)c3=O)[C@@H]2N1CC1CCCC1. The zero-order valence-corrected chi connectivity index (χ0v) is 17.8. The normalized spacial score (nSPS) is 27.9. The molecule has 2 aliphatic heterocycles. The predicted molar refractivity (Wildman–Crippen MR) is 115 cm³/mol. The van der Waals surface area contributed by atoms with Crippen molar-refractivity contribution in [1.82, 2.24) is 14.5 Å². The maximum atomic E-state index is 13.4. The van der Waals surface area contributed by atoms with E-state index >= 15 is 0 Å². The second kappa shape index (κ2) is 8.20. The maximum absolute atomic E-state index is 13.4. The predicted octanol–water partition coefficient (Wildman–Crippen LogP) is 2.24. The van der Waals surface area contributed by atoms with Gasteiger partial charge in [-0.2, -0.15) is 0 Å². The van der Waals surface area contributed by atoms with E-state index in [1.807, 2.05) is 28.8 Å². The van der Waals surface area contributed by atoms with Crippen LogP contribution >= 0.6 is 0 Å². The lowest BCUT2D eigenvalue weighted by Crippen LogP contribution is -2.45. The lowest BCUT2D eigenvalue weighted by molar-refractivity contribution is -0.148. The van der Waals surface area contributed by atoms with Crippen LogP contribution in [0.25, 0.3) is 11.1 Å². The molecule has 31 heavy (non-hydrogen) atoms. The number of aliphatic hydroxyl groups excluding tert-OH is 1. The van der Waals surface area contributed by atoms with E-state index in [2.05, 4.69) is 9.88 Å². The number of likely N-dealkylation sites (tertiary alicyclic amines) is 1. The molecule has 1 N–H and O–H groups in total. The molecule has 164 valence electrons. The molecular weight excluding hydrogens is 394 g/mol. The fourth-order valence-electron chi connectivity index (χ4n) is 6.14. The Balaban J connectivity index is 1.56. The molecule has 4 atom stereocenters. The first-order chi connectivity index (χ1) is 15.1. The third-order valence-electron chi connectivity index (χ3n) is 7.57. The molecule has 7 heteroatoms. The Hall–Kier alpha value is -2.51. The largest absolute Gasteiger partial charge is 0.468 e. The van der Waals surface area contributed by atoms with E-state index in [0.717, 1.165) is 17.8 Å². The monoisotopic (exact) mass is 423 g/mol. The standard InChI is InChI=1S/C24H29N3O4/c1-31-24(30)22-19(14-28)18-13-26-20(21(18)27(22)12-15-4-2-3-5-15)7-6-17(23(26)29)16-8-10-25-11-9-16/h6-11,15,18-19,21-22,28H,2-5,12-14H2,1H3/t18-,19-,21+,22-/m0/s1. The Morgan fingerprint density at radius 2 is 1.94 bits per heavy atom. The molecule has 2 aromatic rings. The van der Waals surface area contributed by atoms with Gasteiger partial charge in [0.2, 0.25) is 0 Å². The highest BCUT2D eigenvalue weighted by Crippen LogP contribution is 2.50. The van der Waals surface area contributed by atoms with Crippen LogP contribution in [0.4, 0.5) is 0 Å². The van der Waals surface area contributed by atoms with Gasteiger partial charge in [-0.1, -0.05) is 12.8 Å². The van der Waals surface area contributed by atoms with Gasteiger partial charge in [-0.25, -0.2) is 0 Å². The average molecular weight is 424 g/mol. The third-order valence-corrected chi connectivity index (χ3v) is 7.57. The first-order valence-corrected chi connectivity index (χ1v) is 11.2. The van der Waals surface area contributed by atoms with Crippen LogP contribution in [0, 0.1) is 17.8 Å². The first kappa shape index (κ1) is 20.4. The number of aromatic nitrogens is 2. The van der Waals surface area contributed by atoms with Crippen molar-refractivity contribution < 1.29 is 14.6 Å².